The number of aromatic nitrogens is 2. The van der Waals surface area contributed by atoms with E-state index in [0.717, 1.165) is 24.5 Å². The first kappa shape index (κ1) is 15.1. The highest BCUT2D eigenvalue weighted by molar-refractivity contribution is 5.13. The number of aryl methyl sites for hydroxylation is 1. The highest BCUT2D eigenvalue weighted by atomic mass is 14.9. The van der Waals surface area contributed by atoms with Gasteiger partial charge in [-0.1, -0.05) is 27.7 Å². The maximum atomic E-state index is 4.76. The lowest BCUT2D eigenvalue weighted by atomic mass is 9.94. The Labute approximate surface area is 111 Å². The molecule has 1 aromatic heterocycles. The van der Waals surface area contributed by atoms with Crippen LogP contribution in [0.4, 0.5) is 0 Å². The molecule has 0 aromatic carbocycles. The van der Waals surface area contributed by atoms with Crippen molar-refractivity contribution < 1.29 is 0 Å². The first-order chi connectivity index (χ1) is 8.43. The molecule has 1 rings (SSSR count). The zero-order valence-electron chi connectivity index (χ0n) is 12.6. The Balaban J connectivity index is 3.02. The zero-order chi connectivity index (χ0) is 13.7. The van der Waals surface area contributed by atoms with Crippen LogP contribution < -0.4 is 5.32 Å². The zero-order valence-corrected chi connectivity index (χ0v) is 12.6. The van der Waals surface area contributed by atoms with E-state index in [1.807, 2.05) is 7.05 Å². The fourth-order valence-corrected chi connectivity index (χ4v) is 2.19. The molecule has 0 radical (unpaired) electrons. The summed E-state index contributed by atoms with van der Waals surface area (Å²) >= 11 is 0. The quantitative estimate of drug-likeness (QED) is 0.842. The molecule has 0 bridgehead atoms. The van der Waals surface area contributed by atoms with Gasteiger partial charge in [-0.3, -0.25) is 0 Å². The number of rotatable bonds is 6. The SMILES string of the molecule is CNCC(c1nc(C)cc(CC(C)C)n1)C(C)C. The minimum absolute atomic E-state index is 0.390. The van der Waals surface area contributed by atoms with Gasteiger partial charge >= 0.3 is 0 Å². The van der Waals surface area contributed by atoms with E-state index in [1.54, 1.807) is 0 Å². The number of nitrogens with zero attached hydrogens (tertiary/aromatic N) is 2. The molecule has 1 unspecified atom stereocenters. The topological polar surface area (TPSA) is 37.8 Å². The Morgan fingerprint density at radius 3 is 2.33 bits per heavy atom. The average Bonchev–Trinajstić information content (AvgIpc) is 2.23. The van der Waals surface area contributed by atoms with Gasteiger partial charge in [-0.2, -0.15) is 0 Å². The molecule has 0 aliphatic heterocycles. The minimum atomic E-state index is 0.390. The average molecular weight is 249 g/mol. The summed E-state index contributed by atoms with van der Waals surface area (Å²) in [5.41, 5.74) is 2.26. The molecule has 102 valence electrons. The van der Waals surface area contributed by atoms with Crippen LogP contribution in [0.3, 0.4) is 0 Å². The Bertz CT molecular complexity index is 372. The summed E-state index contributed by atoms with van der Waals surface area (Å²) in [6.45, 7) is 11.9. The van der Waals surface area contributed by atoms with E-state index in [0.29, 0.717) is 17.8 Å². The third-order valence-corrected chi connectivity index (χ3v) is 3.10. The largest absolute Gasteiger partial charge is 0.319 e. The monoisotopic (exact) mass is 249 g/mol. The van der Waals surface area contributed by atoms with Crippen molar-refractivity contribution in [1.29, 1.82) is 0 Å². The maximum absolute atomic E-state index is 4.76. The molecule has 0 amide bonds. The van der Waals surface area contributed by atoms with Gasteiger partial charge in [-0.05, 0) is 38.3 Å². The molecule has 0 aliphatic rings. The number of hydrogen-bond acceptors (Lipinski definition) is 3. The van der Waals surface area contributed by atoms with Crippen LogP contribution >= 0.6 is 0 Å². The molecule has 3 heteroatoms. The van der Waals surface area contributed by atoms with Crippen LogP contribution in [0.1, 0.15) is 50.8 Å². The van der Waals surface area contributed by atoms with E-state index >= 15 is 0 Å². The van der Waals surface area contributed by atoms with E-state index in [9.17, 15) is 0 Å². The van der Waals surface area contributed by atoms with Crippen LogP contribution in [0, 0.1) is 18.8 Å². The number of nitrogens with one attached hydrogen (secondary N) is 1. The molecule has 0 saturated carbocycles. The fraction of sp³-hybridized carbons (Fsp3) is 0.733. The second kappa shape index (κ2) is 6.83. The molecule has 18 heavy (non-hydrogen) atoms. The van der Waals surface area contributed by atoms with Gasteiger partial charge in [-0.15, -0.1) is 0 Å². The standard InChI is InChI=1S/C15H27N3/c1-10(2)7-13-8-12(5)17-15(18-13)14(9-16-6)11(3)4/h8,10-11,14,16H,7,9H2,1-6H3. The number of hydrogen-bond donors (Lipinski definition) is 1. The Kier molecular flexibility index (Phi) is 5.73. The molecule has 1 atom stereocenters. The fourth-order valence-electron chi connectivity index (χ4n) is 2.19. The Morgan fingerprint density at radius 2 is 1.83 bits per heavy atom. The molecule has 1 N–H and O–H groups in total. The molecule has 0 spiro atoms. The Hall–Kier alpha value is -0.960. The van der Waals surface area contributed by atoms with Gasteiger partial charge < -0.3 is 5.32 Å². The first-order valence-electron chi connectivity index (χ1n) is 6.93. The highest BCUT2D eigenvalue weighted by Crippen LogP contribution is 2.21. The van der Waals surface area contributed by atoms with Crippen molar-refractivity contribution in [3.05, 3.63) is 23.3 Å². The van der Waals surface area contributed by atoms with Crippen LogP contribution in [-0.4, -0.2) is 23.6 Å². The van der Waals surface area contributed by atoms with Crippen LogP contribution in [0.25, 0.3) is 0 Å². The van der Waals surface area contributed by atoms with Gasteiger partial charge in [0, 0.05) is 23.9 Å². The molecule has 3 nitrogen and oxygen atoms in total. The van der Waals surface area contributed by atoms with E-state index in [4.69, 9.17) is 4.98 Å². The van der Waals surface area contributed by atoms with Crippen molar-refractivity contribution in [2.45, 2.75) is 47.0 Å². The highest BCUT2D eigenvalue weighted by Gasteiger charge is 2.19. The predicted molar refractivity (Wildman–Crippen MR) is 76.8 cm³/mol. The smallest absolute Gasteiger partial charge is 0.133 e. The summed E-state index contributed by atoms with van der Waals surface area (Å²) in [5.74, 6) is 2.57. The molecular formula is C15H27N3. The summed E-state index contributed by atoms with van der Waals surface area (Å²) in [7, 11) is 1.99. The summed E-state index contributed by atoms with van der Waals surface area (Å²) < 4.78 is 0. The Morgan fingerprint density at radius 1 is 1.17 bits per heavy atom. The predicted octanol–water partition coefficient (Wildman–Crippen LogP) is 2.94. The summed E-state index contributed by atoms with van der Waals surface area (Å²) in [6, 6.07) is 2.11. The van der Waals surface area contributed by atoms with Crippen molar-refractivity contribution in [3.63, 3.8) is 0 Å². The second-order valence-electron chi connectivity index (χ2n) is 5.87. The van der Waals surface area contributed by atoms with E-state index in [1.165, 1.54) is 5.69 Å². The first-order valence-corrected chi connectivity index (χ1v) is 6.93. The number of likely N-dealkylation sites (N-methyl/N-ethyl adjacent to an activating group) is 1. The summed E-state index contributed by atoms with van der Waals surface area (Å²) in [5, 5.41) is 3.25. The van der Waals surface area contributed by atoms with Crippen molar-refractivity contribution in [3.8, 4) is 0 Å². The summed E-state index contributed by atoms with van der Waals surface area (Å²) in [6.07, 6.45) is 1.03. The third-order valence-electron chi connectivity index (χ3n) is 3.10. The van der Waals surface area contributed by atoms with Crippen molar-refractivity contribution in [1.82, 2.24) is 15.3 Å². The second-order valence-corrected chi connectivity index (χ2v) is 5.87. The lowest BCUT2D eigenvalue weighted by Gasteiger charge is -2.20. The molecule has 0 fully saturated rings. The van der Waals surface area contributed by atoms with Crippen LogP contribution in [0.2, 0.25) is 0 Å². The van der Waals surface area contributed by atoms with Crippen molar-refractivity contribution in [2.75, 3.05) is 13.6 Å². The third kappa shape index (κ3) is 4.37. The summed E-state index contributed by atoms with van der Waals surface area (Å²) in [4.78, 5) is 9.39. The van der Waals surface area contributed by atoms with Gasteiger partial charge in [-0.25, -0.2) is 9.97 Å². The lowest BCUT2D eigenvalue weighted by Crippen LogP contribution is -2.24. The van der Waals surface area contributed by atoms with Gasteiger partial charge in [0.25, 0.3) is 0 Å². The molecule has 1 aromatic rings. The lowest BCUT2D eigenvalue weighted by molar-refractivity contribution is 0.454. The molecule has 0 saturated heterocycles. The minimum Gasteiger partial charge on any atom is -0.319 e. The van der Waals surface area contributed by atoms with Gasteiger partial charge in [0.15, 0.2) is 0 Å². The van der Waals surface area contributed by atoms with Crippen molar-refractivity contribution >= 4 is 0 Å². The van der Waals surface area contributed by atoms with Crippen LogP contribution in [0.15, 0.2) is 6.07 Å². The van der Waals surface area contributed by atoms with Gasteiger partial charge in [0.2, 0.25) is 0 Å². The molecular weight excluding hydrogens is 222 g/mol. The van der Waals surface area contributed by atoms with E-state index in [2.05, 4.69) is 51.0 Å². The van der Waals surface area contributed by atoms with Crippen LogP contribution in [-0.2, 0) is 6.42 Å². The maximum Gasteiger partial charge on any atom is 0.133 e. The van der Waals surface area contributed by atoms with Crippen molar-refractivity contribution in [2.24, 2.45) is 11.8 Å². The van der Waals surface area contributed by atoms with E-state index < -0.39 is 0 Å². The molecule has 1 heterocycles. The van der Waals surface area contributed by atoms with Gasteiger partial charge in [0.1, 0.15) is 5.82 Å². The van der Waals surface area contributed by atoms with E-state index in [-0.39, 0.29) is 0 Å². The molecule has 0 aliphatic carbocycles. The normalized spacial score (nSPS) is 13.3. The van der Waals surface area contributed by atoms with Crippen LogP contribution in [0.5, 0.6) is 0 Å². The van der Waals surface area contributed by atoms with Gasteiger partial charge in [0.05, 0.1) is 0 Å².